The fourth-order valence-electron chi connectivity index (χ4n) is 3.48. The van der Waals surface area contributed by atoms with Crippen LogP contribution in [0.1, 0.15) is 25.0 Å². The second kappa shape index (κ2) is 13.0. The van der Waals surface area contributed by atoms with Crippen LogP contribution in [-0.2, 0) is 22.6 Å². The summed E-state index contributed by atoms with van der Waals surface area (Å²) < 4.78 is 0.964. The molecule has 3 aromatic carbocycles. The van der Waals surface area contributed by atoms with Crippen LogP contribution in [0, 0.1) is 0 Å². The molecule has 0 aliphatic carbocycles. The molecule has 178 valence electrons. The summed E-state index contributed by atoms with van der Waals surface area (Å²) in [6.45, 7) is 4.19. The zero-order valence-electron chi connectivity index (χ0n) is 19.2. The zero-order chi connectivity index (χ0) is 24.5. The summed E-state index contributed by atoms with van der Waals surface area (Å²) in [5.74, 6) is -0.0261. The minimum Gasteiger partial charge on any atom is -0.352 e. The molecule has 7 heteroatoms. The van der Waals surface area contributed by atoms with Crippen molar-refractivity contribution in [2.45, 2.75) is 43.8 Å². The number of hydrogen-bond acceptors (Lipinski definition) is 3. The molecule has 3 rings (SSSR count). The molecular weight excluding hydrogens is 532 g/mol. The van der Waals surface area contributed by atoms with Crippen molar-refractivity contribution in [1.82, 2.24) is 10.2 Å². The Hall–Kier alpha value is -2.28. The standard InChI is InChI=1S/C27H28BrClN2O2S/c1-19(2)30-27(33)25(16-20-6-4-3-5-7-20)31(17-21-8-10-22(28)11-9-21)26(32)18-34-24-14-12-23(29)13-15-24/h3-15,19,25H,16-18H2,1-2H3,(H,30,33)/t25-/m1/s1. The molecule has 1 N–H and O–H groups in total. The van der Waals surface area contributed by atoms with E-state index in [1.807, 2.05) is 92.7 Å². The van der Waals surface area contributed by atoms with Crippen molar-refractivity contribution in [3.63, 3.8) is 0 Å². The van der Waals surface area contributed by atoms with Crippen molar-refractivity contribution >= 4 is 51.1 Å². The molecule has 0 saturated heterocycles. The van der Waals surface area contributed by atoms with Crippen molar-refractivity contribution in [3.05, 3.63) is 99.5 Å². The predicted molar refractivity (Wildman–Crippen MR) is 144 cm³/mol. The third-order valence-electron chi connectivity index (χ3n) is 5.14. The molecule has 0 saturated carbocycles. The lowest BCUT2D eigenvalue weighted by molar-refractivity contribution is -0.139. The van der Waals surface area contributed by atoms with Crippen LogP contribution in [0.5, 0.6) is 0 Å². The summed E-state index contributed by atoms with van der Waals surface area (Å²) in [5.41, 5.74) is 1.97. The molecule has 3 aromatic rings. The molecule has 4 nitrogen and oxygen atoms in total. The third-order valence-corrected chi connectivity index (χ3v) is 6.92. The Bertz CT molecular complexity index is 1080. The van der Waals surface area contributed by atoms with Crippen LogP contribution in [0.2, 0.25) is 5.02 Å². The summed E-state index contributed by atoms with van der Waals surface area (Å²) >= 11 is 10.9. The Morgan fingerprint density at radius 1 is 0.941 bits per heavy atom. The first-order valence-electron chi connectivity index (χ1n) is 11.1. The number of amides is 2. The Kier molecular flexibility index (Phi) is 10.1. The fourth-order valence-corrected chi connectivity index (χ4v) is 4.65. The molecule has 0 aliphatic heterocycles. The van der Waals surface area contributed by atoms with E-state index in [9.17, 15) is 9.59 Å². The highest BCUT2D eigenvalue weighted by Crippen LogP contribution is 2.23. The van der Waals surface area contributed by atoms with Crippen molar-refractivity contribution in [1.29, 1.82) is 0 Å². The molecule has 0 bridgehead atoms. The van der Waals surface area contributed by atoms with Crippen LogP contribution in [0.15, 0.2) is 88.2 Å². The van der Waals surface area contributed by atoms with E-state index >= 15 is 0 Å². The molecule has 0 aromatic heterocycles. The van der Waals surface area contributed by atoms with E-state index in [-0.39, 0.29) is 23.6 Å². The lowest BCUT2D eigenvalue weighted by Gasteiger charge is -2.32. The molecule has 34 heavy (non-hydrogen) atoms. The van der Waals surface area contributed by atoms with Gasteiger partial charge in [0.05, 0.1) is 5.75 Å². The largest absolute Gasteiger partial charge is 0.352 e. The van der Waals surface area contributed by atoms with Crippen molar-refractivity contribution in [3.8, 4) is 0 Å². The first kappa shape index (κ1) is 26.3. The molecule has 1 atom stereocenters. The summed E-state index contributed by atoms with van der Waals surface area (Å²) in [4.78, 5) is 29.5. The highest BCUT2D eigenvalue weighted by atomic mass is 79.9. The smallest absolute Gasteiger partial charge is 0.243 e. The van der Waals surface area contributed by atoms with Crippen LogP contribution >= 0.6 is 39.3 Å². The maximum atomic E-state index is 13.6. The van der Waals surface area contributed by atoms with E-state index in [1.165, 1.54) is 11.8 Å². The normalized spacial score (nSPS) is 11.8. The van der Waals surface area contributed by atoms with Gasteiger partial charge in [0.1, 0.15) is 6.04 Å². The summed E-state index contributed by atoms with van der Waals surface area (Å²) in [6.07, 6.45) is 0.438. The summed E-state index contributed by atoms with van der Waals surface area (Å²) in [6, 6.07) is 24.4. The van der Waals surface area contributed by atoms with Crippen molar-refractivity contribution in [2.24, 2.45) is 0 Å². The van der Waals surface area contributed by atoms with Crippen molar-refractivity contribution in [2.75, 3.05) is 5.75 Å². The lowest BCUT2D eigenvalue weighted by atomic mass is 10.0. The lowest BCUT2D eigenvalue weighted by Crippen LogP contribution is -2.52. The van der Waals surface area contributed by atoms with Gasteiger partial charge < -0.3 is 10.2 Å². The Morgan fingerprint density at radius 3 is 2.21 bits per heavy atom. The van der Waals surface area contributed by atoms with Gasteiger partial charge >= 0.3 is 0 Å². The van der Waals surface area contributed by atoms with Gasteiger partial charge in [-0.05, 0) is 61.4 Å². The second-order valence-corrected chi connectivity index (χ2v) is 10.7. The van der Waals surface area contributed by atoms with Crippen LogP contribution in [0.25, 0.3) is 0 Å². The van der Waals surface area contributed by atoms with Gasteiger partial charge in [-0.3, -0.25) is 9.59 Å². The SMILES string of the molecule is CC(C)NC(=O)[C@@H](Cc1ccccc1)N(Cc1ccc(Br)cc1)C(=O)CSc1ccc(Cl)cc1. The molecule has 0 spiro atoms. The number of carbonyl (C=O) groups excluding carboxylic acids is 2. The minimum absolute atomic E-state index is 0.0288. The number of hydrogen-bond donors (Lipinski definition) is 1. The topological polar surface area (TPSA) is 49.4 Å². The van der Waals surface area contributed by atoms with E-state index in [2.05, 4.69) is 21.2 Å². The van der Waals surface area contributed by atoms with E-state index in [0.717, 1.165) is 20.5 Å². The zero-order valence-corrected chi connectivity index (χ0v) is 22.4. The molecule has 0 aliphatic rings. The molecular formula is C27H28BrClN2O2S. The van der Waals surface area contributed by atoms with Gasteiger partial charge in [-0.2, -0.15) is 0 Å². The number of nitrogens with zero attached hydrogens (tertiary/aromatic N) is 1. The van der Waals surface area contributed by atoms with Gasteiger partial charge in [0.25, 0.3) is 0 Å². The van der Waals surface area contributed by atoms with E-state index in [4.69, 9.17) is 11.6 Å². The number of thioether (sulfide) groups is 1. The van der Waals surface area contributed by atoms with Gasteiger partial charge in [0.2, 0.25) is 11.8 Å². The average Bonchev–Trinajstić information content (AvgIpc) is 2.82. The maximum Gasteiger partial charge on any atom is 0.243 e. The highest BCUT2D eigenvalue weighted by Gasteiger charge is 2.30. The fraction of sp³-hybridized carbons (Fsp3) is 0.259. The van der Waals surface area contributed by atoms with E-state index in [1.54, 1.807) is 4.90 Å². The minimum atomic E-state index is -0.633. The van der Waals surface area contributed by atoms with Gasteiger partial charge in [-0.1, -0.05) is 70.0 Å². The highest BCUT2D eigenvalue weighted by molar-refractivity contribution is 9.10. The number of nitrogens with one attached hydrogen (secondary N) is 1. The summed E-state index contributed by atoms with van der Waals surface area (Å²) in [7, 11) is 0. The van der Waals surface area contributed by atoms with Crippen LogP contribution in [0.4, 0.5) is 0 Å². The predicted octanol–water partition coefficient (Wildman–Crippen LogP) is 6.36. The maximum absolute atomic E-state index is 13.6. The van der Waals surface area contributed by atoms with E-state index in [0.29, 0.717) is 18.0 Å². The number of benzene rings is 3. The van der Waals surface area contributed by atoms with Gasteiger partial charge in [-0.15, -0.1) is 11.8 Å². The van der Waals surface area contributed by atoms with Crippen LogP contribution < -0.4 is 5.32 Å². The second-order valence-electron chi connectivity index (χ2n) is 8.26. The van der Waals surface area contributed by atoms with Crippen LogP contribution in [-0.4, -0.2) is 34.6 Å². The first-order chi connectivity index (χ1) is 16.3. The number of carbonyl (C=O) groups is 2. The monoisotopic (exact) mass is 558 g/mol. The average molecular weight is 560 g/mol. The van der Waals surface area contributed by atoms with Gasteiger partial charge in [-0.25, -0.2) is 0 Å². The Balaban J connectivity index is 1.89. The molecule has 0 heterocycles. The molecule has 2 amide bonds. The van der Waals surface area contributed by atoms with Gasteiger partial charge in [0.15, 0.2) is 0 Å². The third kappa shape index (κ3) is 8.19. The molecule has 0 fully saturated rings. The van der Waals surface area contributed by atoms with Crippen LogP contribution in [0.3, 0.4) is 0 Å². The quantitative estimate of drug-likeness (QED) is 0.294. The van der Waals surface area contributed by atoms with Crippen molar-refractivity contribution < 1.29 is 9.59 Å². The molecule has 0 radical (unpaired) electrons. The molecule has 0 unspecified atom stereocenters. The van der Waals surface area contributed by atoms with E-state index < -0.39 is 6.04 Å². The Labute approximate surface area is 219 Å². The van der Waals surface area contributed by atoms with Gasteiger partial charge in [0, 0.05) is 33.4 Å². The Morgan fingerprint density at radius 2 is 1.59 bits per heavy atom. The first-order valence-corrected chi connectivity index (χ1v) is 13.2. The number of halogens is 2. The number of rotatable bonds is 10. The summed E-state index contributed by atoms with van der Waals surface area (Å²) in [5, 5.41) is 3.67.